The molecule has 4 rings (SSSR count). The van der Waals surface area contributed by atoms with Gasteiger partial charge in [0.15, 0.2) is 11.4 Å². The van der Waals surface area contributed by atoms with Gasteiger partial charge in [-0.05, 0) is 31.3 Å². The fourth-order valence-electron chi connectivity index (χ4n) is 3.79. The van der Waals surface area contributed by atoms with Crippen molar-refractivity contribution in [2.45, 2.75) is 26.6 Å². The summed E-state index contributed by atoms with van der Waals surface area (Å²) < 4.78 is 16.2. The van der Waals surface area contributed by atoms with Crippen LogP contribution in [0.1, 0.15) is 28.7 Å². The lowest BCUT2D eigenvalue weighted by Crippen LogP contribution is -2.37. The van der Waals surface area contributed by atoms with Crippen molar-refractivity contribution in [3.05, 3.63) is 57.4 Å². The Hall–Kier alpha value is -3.20. The molecule has 1 aliphatic rings. The Kier molecular flexibility index (Phi) is 5.07. The molecule has 0 atom stereocenters. The van der Waals surface area contributed by atoms with Crippen LogP contribution in [0.25, 0.3) is 10.9 Å². The van der Waals surface area contributed by atoms with Crippen LogP contribution in [0.2, 0.25) is 0 Å². The summed E-state index contributed by atoms with van der Waals surface area (Å²) in [6.45, 7) is 4.31. The van der Waals surface area contributed by atoms with Gasteiger partial charge < -0.3 is 19.5 Å². The van der Waals surface area contributed by atoms with Crippen LogP contribution in [0.4, 0.5) is 4.39 Å². The number of carbonyl (C=O) groups excluding carboxylic acids is 1. The van der Waals surface area contributed by atoms with Crippen molar-refractivity contribution in [2.75, 3.05) is 27.2 Å². The molecule has 1 N–H and O–H groups in total. The van der Waals surface area contributed by atoms with Crippen molar-refractivity contribution in [2.24, 2.45) is 0 Å². The van der Waals surface area contributed by atoms with Crippen molar-refractivity contribution >= 4 is 16.8 Å². The Morgan fingerprint density at radius 3 is 2.57 bits per heavy atom. The monoisotopic (exact) mass is 413 g/mol. The SMILES string of the molecule is CCN(C)Cc1nn(Cc2ccc(F)cc2)c(=O)c2c(O)c3n(c12)CCN(C)C3=O. The van der Waals surface area contributed by atoms with Crippen LogP contribution >= 0.6 is 0 Å². The lowest BCUT2D eigenvalue weighted by atomic mass is 10.2. The minimum absolute atomic E-state index is 0.102. The van der Waals surface area contributed by atoms with E-state index in [4.69, 9.17) is 0 Å². The highest BCUT2D eigenvalue weighted by Crippen LogP contribution is 2.34. The molecule has 0 aliphatic carbocycles. The summed E-state index contributed by atoms with van der Waals surface area (Å²) >= 11 is 0. The molecule has 1 aromatic carbocycles. The molecule has 0 bridgehead atoms. The van der Waals surface area contributed by atoms with E-state index in [2.05, 4.69) is 5.10 Å². The van der Waals surface area contributed by atoms with Gasteiger partial charge >= 0.3 is 0 Å². The lowest BCUT2D eigenvalue weighted by molar-refractivity contribution is 0.0747. The summed E-state index contributed by atoms with van der Waals surface area (Å²) in [5.41, 5.74) is 1.46. The number of benzene rings is 1. The number of hydrogen-bond acceptors (Lipinski definition) is 5. The first-order valence-corrected chi connectivity index (χ1v) is 9.85. The molecule has 0 radical (unpaired) electrons. The van der Waals surface area contributed by atoms with Gasteiger partial charge in [0.05, 0.1) is 17.8 Å². The van der Waals surface area contributed by atoms with Gasteiger partial charge in [0.2, 0.25) is 0 Å². The molecule has 1 aliphatic heterocycles. The van der Waals surface area contributed by atoms with Crippen molar-refractivity contribution in [3.8, 4) is 5.75 Å². The number of hydrogen-bond donors (Lipinski definition) is 1. The maximum Gasteiger partial charge on any atom is 0.280 e. The third kappa shape index (κ3) is 3.24. The molecule has 0 spiro atoms. The van der Waals surface area contributed by atoms with E-state index in [0.717, 1.165) is 6.54 Å². The quantitative estimate of drug-likeness (QED) is 0.687. The number of rotatable bonds is 5. The normalized spacial score (nSPS) is 14.0. The number of carbonyl (C=O) groups is 1. The molecule has 0 unspecified atom stereocenters. The summed E-state index contributed by atoms with van der Waals surface area (Å²) in [5, 5.41) is 15.6. The Morgan fingerprint density at radius 2 is 1.90 bits per heavy atom. The molecular formula is C21H24FN5O3. The fourth-order valence-corrected chi connectivity index (χ4v) is 3.79. The van der Waals surface area contributed by atoms with E-state index in [1.54, 1.807) is 23.7 Å². The molecule has 0 fully saturated rings. The average Bonchev–Trinajstić information content (AvgIpc) is 3.03. The van der Waals surface area contributed by atoms with Crippen LogP contribution in [-0.4, -0.2) is 62.3 Å². The number of aromatic nitrogens is 3. The summed E-state index contributed by atoms with van der Waals surface area (Å²) in [7, 11) is 3.60. The van der Waals surface area contributed by atoms with Gasteiger partial charge in [-0.15, -0.1) is 0 Å². The molecule has 0 saturated heterocycles. The molecule has 9 heteroatoms. The van der Waals surface area contributed by atoms with E-state index in [1.165, 1.54) is 21.7 Å². The molecule has 3 aromatic rings. The Bertz CT molecular complexity index is 1180. The smallest absolute Gasteiger partial charge is 0.280 e. The maximum absolute atomic E-state index is 13.3. The zero-order valence-electron chi connectivity index (χ0n) is 17.2. The summed E-state index contributed by atoms with van der Waals surface area (Å²) in [6, 6.07) is 5.84. The second-order valence-electron chi connectivity index (χ2n) is 7.67. The van der Waals surface area contributed by atoms with E-state index in [1.807, 2.05) is 18.9 Å². The van der Waals surface area contributed by atoms with Crippen LogP contribution in [0.15, 0.2) is 29.1 Å². The molecule has 8 nitrogen and oxygen atoms in total. The number of aromatic hydroxyl groups is 1. The Labute approximate surface area is 172 Å². The second-order valence-corrected chi connectivity index (χ2v) is 7.67. The molecule has 1 amide bonds. The zero-order chi connectivity index (χ0) is 21.6. The summed E-state index contributed by atoms with van der Waals surface area (Å²) in [6.07, 6.45) is 0. The van der Waals surface area contributed by atoms with Gasteiger partial charge in [-0.2, -0.15) is 5.10 Å². The fraction of sp³-hybridized carbons (Fsp3) is 0.381. The van der Waals surface area contributed by atoms with Gasteiger partial charge in [0.1, 0.15) is 11.2 Å². The van der Waals surface area contributed by atoms with Crippen LogP contribution in [0.5, 0.6) is 5.75 Å². The minimum Gasteiger partial charge on any atom is -0.505 e. The standard InChI is InChI=1S/C21H24FN5O3/c1-4-24(2)12-15-17-16(19(28)18-21(30)25(3)9-10-26(17)18)20(29)27(23-15)11-13-5-7-14(22)8-6-13/h5-8,28H,4,9-12H2,1-3H3. The third-order valence-corrected chi connectivity index (χ3v) is 5.61. The van der Waals surface area contributed by atoms with Crippen molar-refractivity contribution in [3.63, 3.8) is 0 Å². The third-order valence-electron chi connectivity index (χ3n) is 5.61. The van der Waals surface area contributed by atoms with Gasteiger partial charge in [0.25, 0.3) is 11.5 Å². The molecule has 0 saturated carbocycles. The lowest BCUT2D eigenvalue weighted by Gasteiger charge is -2.25. The Balaban J connectivity index is 1.95. The first-order chi connectivity index (χ1) is 14.3. The first-order valence-electron chi connectivity index (χ1n) is 9.85. The molecule has 3 heterocycles. The van der Waals surface area contributed by atoms with Crippen LogP contribution in [0, 0.1) is 5.82 Å². The molecular weight excluding hydrogens is 389 g/mol. The predicted molar refractivity (Wildman–Crippen MR) is 110 cm³/mol. The number of likely N-dealkylation sites (N-methyl/N-ethyl adjacent to an activating group) is 1. The average molecular weight is 413 g/mol. The largest absolute Gasteiger partial charge is 0.505 e. The highest BCUT2D eigenvalue weighted by atomic mass is 19.1. The summed E-state index contributed by atoms with van der Waals surface area (Å²) in [5.74, 6) is -0.989. The van der Waals surface area contributed by atoms with Crippen molar-refractivity contribution < 1.29 is 14.3 Å². The van der Waals surface area contributed by atoms with E-state index < -0.39 is 5.56 Å². The number of fused-ring (bicyclic) bond motifs is 3. The molecule has 2 aromatic heterocycles. The van der Waals surface area contributed by atoms with Crippen molar-refractivity contribution in [1.29, 1.82) is 0 Å². The highest BCUT2D eigenvalue weighted by molar-refractivity contribution is 6.04. The zero-order valence-corrected chi connectivity index (χ0v) is 17.2. The number of halogens is 1. The van der Waals surface area contributed by atoms with Gasteiger partial charge in [-0.25, -0.2) is 9.07 Å². The molecule has 30 heavy (non-hydrogen) atoms. The van der Waals surface area contributed by atoms with E-state index in [-0.39, 0.29) is 35.1 Å². The molecule has 158 valence electrons. The summed E-state index contributed by atoms with van der Waals surface area (Å²) in [4.78, 5) is 29.5. The maximum atomic E-state index is 13.3. The Morgan fingerprint density at radius 1 is 1.20 bits per heavy atom. The van der Waals surface area contributed by atoms with Crippen LogP contribution in [-0.2, 0) is 19.6 Å². The first kappa shape index (κ1) is 20.1. The second kappa shape index (κ2) is 7.56. The van der Waals surface area contributed by atoms with Gasteiger partial charge in [-0.1, -0.05) is 19.1 Å². The highest BCUT2D eigenvalue weighted by Gasteiger charge is 2.32. The van der Waals surface area contributed by atoms with Crippen molar-refractivity contribution in [1.82, 2.24) is 24.1 Å². The predicted octanol–water partition coefficient (Wildman–Crippen LogP) is 1.63. The minimum atomic E-state index is -0.480. The van der Waals surface area contributed by atoms with Crippen LogP contribution in [0.3, 0.4) is 0 Å². The van der Waals surface area contributed by atoms with E-state index in [9.17, 15) is 19.1 Å². The van der Waals surface area contributed by atoms with E-state index >= 15 is 0 Å². The van der Waals surface area contributed by atoms with E-state index in [0.29, 0.717) is 36.4 Å². The van der Waals surface area contributed by atoms with Gasteiger partial charge in [0, 0.05) is 26.7 Å². The van der Waals surface area contributed by atoms with Crippen LogP contribution < -0.4 is 5.56 Å². The number of nitrogens with zero attached hydrogens (tertiary/aromatic N) is 5. The van der Waals surface area contributed by atoms with Gasteiger partial charge in [-0.3, -0.25) is 9.59 Å². The number of amides is 1. The topological polar surface area (TPSA) is 83.6 Å².